The van der Waals surface area contributed by atoms with Crippen LogP contribution in [0.2, 0.25) is 5.02 Å². The molecule has 0 heterocycles. The molecule has 0 aromatic heterocycles. The molecule has 1 fully saturated rings. The molecule has 20 heavy (non-hydrogen) atoms. The summed E-state index contributed by atoms with van der Waals surface area (Å²) in [5.41, 5.74) is 1.23. The molecule has 0 saturated heterocycles. The Bertz CT molecular complexity index is 421. The minimum Gasteiger partial charge on any atom is -0.317 e. The Hall–Kier alpha value is -0.570. The summed E-state index contributed by atoms with van der Waals surface area (Å²) in [6.45, 7) is 3.39. The quantitative estimate of drug-likeness (QED) is 0.879. The number of hydrogen-bond donors (Lipinski definition) is 1. The third-order valence-corrected chi connectivity index (χ3v) is 5.16. The lowest BCUT2D eigenvalue weighted by Crippen LogP contribution is -2.42. The zero-order valence-corrected chi connectivity index (χ0v) is 13.7. The van der Waals surface area contributed by atoms with Crippen LogP contribution in [0.5, 0.6) is 0 Å². The average molecular weight is 295 g/mol. The predicted molar refractivity (Wildman–Crippen MR) is 87.3 cm³/mol. The number of benzene rings is 1. The largest absolute Gasteiger partial charge is 0.317 e. The molecule has 0 aliphatic heterocycles. The molecule has 0 spiro atoms. The normalized spacial score (nSPS) is 24.9. The summed E-state index contributed by atoms with van der Waals surface area (Å²) in [6, 6.07) is 9.23. The average Bonchev–Trinajstić information content (AvgIpc) is 2.47. The Kier molecular flexibility index (Phi) is 5.88. The monoisotopic (exact) mass is 294 g/mol. The Morgan fingerprint density at radius 3 is 2.70 bits per heavy atom. The van der Waals surface area contributed by atoms with Gasteiger partial charge in [-0.1, -0.05) is 42.6 Å². The van der Waals surface area contributed by atoms with Gasteiger partial charge in [-0.3, -0.25) is 4.90 Å². The van der Waals surface area contributed by atoms with E-state index in [1.54, 1.807) is 0 Å². The molecule has 1 aliphatic carbocycles. The minimum atomic E-state index is 0.364. The highest BCUT2D eigenvalue weighted by molar-refractivity contribution is 6.31. The maximum absolute atomic E-state index is 6.32. The summed E-state index contributed by atoms with van der Waals surface area (Å²) in [5.74, 6) is 0.753. The van der Waals surface area contributed by atoms with Gasteiger partial charge in [0.15, 0.2) is 0 Å². The lowest BCUT2D eigenvalue weighted by atomic mass is 9.84. The van der Waals surface area contributed by atoms with Crippen molar-refractivity contribution in [2.45, 2.75) is 44.7 Å². The maximum Gasteiger partial charge on any atom is 0.0453 e. The molecule has 2 rings (SSSR count). The van der Waals surface area contributed by atoms with Crippen LogP contribution >= 0.6 is 11.6 Å². The van der Waals surface area contributed by atoms with Gasteiger partial charge in [-0.05, 0) is 51.4 Å². The van der Waals surface area contributed by atoms with Crippen molar-refractivity contribution in [1.82, 2.24) is 10.2 Å². The molecule has 3 unspecified atom stereocenters. The molecule has 1 aromatic carbocycles. The van der Waals surface area contributed by atoms with Crippen LogP contribution in [0.3, 0.4) is 0 Å². The van der Waals surface area contributed by atoms with Gasteiger partial charge in [-0.15, -0.1) is 0 Å². The van der Waals surface area contributed by atoms with Gasteiger partial charge in [-0.25, -0.2) is 0 Å². The van der Waals surface area contributed by atoms with Gasteiger partial charge < -0.3 is 5.32 Å². The van der Waals surface area contributed by atoms with E-state index in [4.69, 9.17) is 11.6 Å². The van der Waals surface area contributed by atoms with Crippen LogP contribution < -0.4 is 5.32 Å². The van der Waals surface area contributed by atoms with Crippen LogP contribution in [0.25, 0.3) is 0 Å². The highest BCUT2D eigenvalue weighted by Crippen LogP contribution is 2.30. The van der Waals surface area contributed by atoms with Gasteiger partial charge in [0.05, 0.1) is 0 Å². The minimum absolute atomic E-state index is 0.364. The molecular weight excluding hydrogens is 268 g/mol. The summed E-state index contributed by atoms with van der Waals surface area (Å²) in [7, 11) is 4.32. The first-order valence-electron chi connectivity index (χ1n) is 7.75. The van der Waals surface area contributed by atoms with E-state index in [0.29, 0.717) is 12.1 Å². The molecule has 3 atom stereocenters. The number of nitrogens with one attached hydrogen (secondary N) is 1. The second kappa shape index (κ2) is 7.44. The fourth-order valence-electron chi connectivity index (χ4n) is 3.39. The van der Waals surface area contributed by atoms with Gasteiger partial charge in [0.25, 0.3) is 0 Å². The Labute approximate surface area is 128 Å². The van der Waals surface area contributed by atoms with E-state index < -0.39 is 0 Å². The lowest BCUT2D eigenvalue weighted by Gasteiger charge is -2.36. The number of nitrogens with zero attached hydrogens (tertiary/aromatic N) is 1. The summed E-state index contributed by atoms with van der Waals surface area (Å²) >= 11 is 6.32. The standard InChI is InChI=1S/C17H27ClN2/c1-13(15-9-5-6-10-16(15)18)20(3)12-14-8-4-7-11-17(14)19-2/h5-6,9-10,13-14,17,19H,4,7-8,11-12H2,1-3H3. The Balaban J connectivity index is 2.00. The maximum atomic E-state index is 6.32. The van der Waals surface area contributed by atoms with Crippen molar-refractivity contribution < 1.29 is 0 Å². The van der Waals surface area contributed by atoms with Crippen LogP contribution in [-0.2, 0) is 0 Å². The smallest absolute Gasteiger partial charge is 0.0453 e. The van der Waals surface area contributed by atoms with E-state index in [1.165, 1.54) is 31.2 Å². The molecule has 0 bridgehead atoms. The lowest BCUT2D eigenvalue weighted by molar-refractivity contribution is 0.165. The van der Waals surface area contributed by atoms with Crippen LogP contribution in [0.1, 0.15) is 44.2 Å². The second-order valence-corrected chi connectivity index (χ2v) is 6.48. The van der Waals surface area contributed by atoms with Crippen LogP contribution in [0.4, 0.5) is 0 Å². The van der Waals surface area contributed by atoms with Crippen molar-refractivity contribution >= 4 is 11.6 Å². The first-order chi connectivity index (χ1) is 9.63. The molecule has 1 aliphatic rings. The summed E-state index contributed by atoms with van der Waals surface area (Å²) in [6.07, 6.45) is 5.39. The number of halogens is 1. The third kappa shape index (κ3) is 3.75. The van der Waals surface area contributed by atoms with Gasteiger partial charge in [0.1, 0.15) is 0 Å². The van der Waals surface area contributed by atoms with E-state index in [2.05, 4.69) is 43.4 Å². The van der Waals surface area contributed by atoms with Gasteiger partial charge in [0, 0.05) is 23.7 Å². The second-order valence-electron chi connectivity index (χ2n) is 6.08. The number of hydrogen-bond acceptors (Lipinski definition) is 2. The molecule has 3 heteroatoms. The van der Waals surface area contributed by atoms with Crippen LogP contribution in [-0.4, -0.2) is 31.6 Å². The molecule has 1 N–H and O–H groups in total. The zero-order valence-electron chi connectivity index (χ0n) is 12.9. The molecule has 1 saturated carbocycles. The Morgan fingerprint density at radius 1 is 1.30 bits per heavy atom. The SMILES string of the molecule is CNC1CCCCC1CN(C)C(C)c1ccccc1Cl. The van der Waals surface area contributed by atoms with E-state index in [9.17, 15) is 0 Å². The Morgan fingerprint density at radius 2 is 2.00 bits per heavy atom. The van der Waals surface area contributed by atoms with Crippen LogP contribution in [0.15, 0.2) is 24.3 Å². The van der Waals surface area contributed by atoms with Crippen molar-refractivity contribution in [2.24, 2.45) is 5.92 Å². The van der Waals surface area contributed by atoms with Gasteiger partial charge in [-0.2, -0.15) is 0 Å². The van der Waals surface area contributed by atoms with Gasteiger partial charge in [0.2, 0.25) is 0 Å². The van der Waals surface area contributed by atoms with Crippen molar-refractivity contribution in [3.05, 3.63) is 34.9 Å². The molecule has 112 valence electrons. The van der Waals surface area contributed by atoms with E-state index in [0.717, 1.165) is 17.5 Å². The van der Waals surface area contributed by atoms with Crippen LogP contribution in [0, 0.1) is 5.92 Å². The molecule has 2 nitrogen and oxygen atoms in total. The van der Waals surface area contributed by atoms with E-state index in [-0.39, 0.29) is 0 Å². The van der Waals surface area contributed by atoms with E-state index >= 15 is 0 Å². The van der Waals surface area contributed by atoms with Gasteiger partial charge >= 0.3 is 0 Å². The number of rotatable bonds is 5. The molecule has 1 aromatic rings. The predicted octanol–water partition coefficient (Wildman–Crippen LogP) is 4.11. The molecule has 0 radical (unpaired) electrons. The first-order valence-corrected chi connectivity index (χ1v) is 8.13. The topological polar surface area (TPSA) is 15.3 Å². The first kappa shape index (κ1) is 15.8. The molecular formula is C17H27ClN2. The highest BCUT2D eigenvalue weighted by Gasteiger charge is 2.26. The van der Waals surface area contributed by atoms with Crippen molar-refractivity contribution in [2.75, 3.05) is 20.6 Å². The summed E-state index contributed by atoms with van der Waals surface area (Å²) in [5, 5.41) is 4.37. The van der Waals surface area contributed by atoms with Crippen molar-refractivity contribution in [3.63, 3.8) is 0 Å². The fraction of sp³-hybridized carbons (Fsp3) is 0.647. The highest BCUT2D eigenvalue weighted by atomic mass is 35.5. The third-order valence-electron chi connectivity index (χ3n) is 4.82. The van der Waals surface area contributed by atoms with E-state index in [1.807, 2.05) is 12.1 Å². The zero-order chi connectivity index (χ0) is 14.5. The van der Waals surface area contributed by atoms with Crippen molar-refractivity contribution in [3.8, 4) is 0 Å². The molecule has 0 amide bonds. The summed E-state index contributed by atoms with van der Waals surface area (Å²) in [4.78, 5) is 2.45. The van der Waals surface area contributed by atoms with Crippen molar-refractivity contribution in [1.29, 1.82) is 0 Å². The summed E-state index contributed by atoms with van der Waals surface area (Å²) < 4.78 is 0. The fourth-order valence-corrected chi connectivity index (χ4v) is 3.68.